The van der Waals surface area contributed by atoms with E-state index in [4.69, 9.17) is 23.9 Å². The van der Waals surface area contributed by atoms with E-state index in [0.717, 1.165) is 40.5 Å². The molecular weight excluding hydrogens is 548 g/mol. The van der Waals surface area contributed by atoms with E-state index < -0.39 is 20.1 Å². The summed E-state index contributed by atoms with van der Waals surface area (Å²) in [6.45, 7) is 4.90. The van der Waals surface area contributed by atoms with E-state index in [0.29, 0.717) is 49.5 Å². The summed E-state index contributed by atoms with van der Waals surface area (Å²) in [5.41, 5.74) is 2.02. The molecule has 1 N–H and O–H groups in total. The maximum atomic E-state index is 12.0. The molecule has 0 radical (unpaired) electrons. The highest BCUT2D eigenvalue weighted by atomic mass is 32.2. The van der Waals surface area contributed by atoms with Gasteiger partial charge in [0.2, 0.25) is 0 Å². The molecule has 3 heterocycles. The second kappa shape index (κ2) is 12.3. The van der Waals surface area contributed by atoms with Crippen molar-refractivity contribution in [3.8, 4) is 17.0 Å². The van der Waals surface area contributed by atoms with E-state index in [1.807, 2.05) is 36.7 Å². The third-order valence-corrected chi connectivity index (χ3v) is 8.24. The molecule has 4 rings (SSSR count). The van der Waals surface area contributed by atoms with Gasteiger partial charge in [0.1, 0.15) is 11.4 Å². The van der Waals surface area contributed by atoms with Crippen molar-refractivity contribution in [3.63, 3.8) is 0 Å². The van der Waals surface area contributed by atoms with Crippen LogP contribution in [-0.4, -0.2) is 77.8 Å². The highest BCUT2D eigenvalue weighted by molar-refractivity contribution is 7.89. The van der Waals surface area contributed by atoms with Gasteiger partial charge in [-0.1, -0.05) is 0 Å². The summed E-state index contributed by atoms with van der Waals surface area (Å²) in [6, 6.07) is 5.70. The fraction of sp³-hybridized carbons (Fsp3) is 0.600. The summed E-state index contributed by atoms with van der Waals surface area (Å²) in [6.07, 6.45) is 7.87. The molecule has 0 saturated carbocycles. The Balaban J connectivity index is 1.48. The first-order valence-electron chi connectivity index (χ1n) is 13.0. The molecule has 0 spiro atoms. The second-order valence-electron chi connectivity index (χ2n) is 9.98. The Morgan fingerprint density at radius 2 is 1.95 bits per heavy atom. The number of rotatable bonds is 13. The summed E-state index contributed by atoms with van der Waals surface area (Å²) in [5.74, 6) is 0.362. The monoisotopic (exact) mass is 584 g/mol. The number of nitrogens with zero attached hydrogens (tertiary/aromatic N) is 4. The van der Waals surface area contributed by atoms with E-state index in [1.165, 1.54) is 12.4 Å². The molecule has 0 aliphatic carbocycles. The standard InChI is InChI=1S/C25H36N4O8S2/c1-18(7-6-14-39(32,33)34)35-13-11-19(2)37-21-9-10-23-22(15-21)25(20-16-26-28(17-20)38(3,30)31)27-29(23)24-8-4-5-12-36-24/h9-10,15-19,24H,4-8,11-14H2,1-3H3,(H,32,33,34)/t18-,19+,24?/m0/s1. The molecule has 12 nitrogen and oxygen atoms in total. The van der Waals surface area contributed by atoms with Crippen LogP contribution in [0.5, 0.6) is 5.75 Å². The van der Waals surface area contributed by atoms with Crippen LogP contribution in [0.1, 0.15) is 58.6 Å². The number of hydrogen-bond donors (Lipinski definition) is 1. The Bertz CT molecular complexity index is 1480. The van der Waals surface area contributed by atoms with Gasteiger partial charge in [0, 0.05) is 24.0 Å². The van der Waals surface area contributed by atoms with Crippen LogP contribution in [0.3, 0.4) is 0 Å². The molecule has 1 fully saturated rings. The zero-order valence-corrected chi connectivity index (χ0v) is 24.0. The molecule has 1 unspecified atom stereocenters. The topological polar surface area (TPSA) is 152 Å². The van der Waals surface area contributed by atoms with Gasteiger partial charge in [-0.3, -0.25) is 4.55 Å². The lowest BCUT2D eigenvalue weighted by Crippen LogP contribution is -2.19. The maximum absolute atomic E-state index is 12.0. The molecule has 216 valence electrons. The lowest BCUT2D eigenvalue weighted by atomic mass is 10.1. The SMILES string of the molecule is C[C@H](CCO[C@@H](C)CCCS(=O)(=O)O)Oc1ccc2c(c1)c(-c1cnn(S(C)(=O)=O)c1)nn2C1CCCCO1. The lowest BCUT2D eigenvalue weighted by molar-refractivity contribution is -0.0365. The van der Waals surface area contributed by atoms with E-state index in [-0.39, 0.29) is 24.2 Å². The highest BCUT2D eigenvalue weighted by Crippen LogP contribution is 2.35. The zero-order chi connectivity index (χ0) is 28.2. The number of aromatic nitrogens is 4. The summed E-state index contributed by atoms with van der Waals surface area (Å²) >= 11 is 0. The van der Waals surface area contributed by atoms with Gasteiger partial charge in [-0.2, -0.15) is 22.7 Å². The molecule has 0 amide bonds. The summed E-state index contributed by atoms with van der Waals surface area (Å²) in [4.78, 5) is 0. The van der Waals surface area contributed by atoms with Gasteiger partial charge in [0.05, 0.1) is 48.7 Å². The minimum absolute atomic E-state index is 0.140. The van der Waals surface area contributed by atoms with Crippen LogP contribution in [0.25, 0.3) is 22.2 Å². The molecule has 2 aromatic heterocycles. The molecule has 39 heavy (non-hydrogen) atoms. The molecule has 3 atom stereocenters. The first-order chi connectivity index (χ1) is 18.4. The number of hydrogen-bond acceptors (Lipinski definition) is 9. The lowest BCUT2D eigenvalue weighted by Gasteiger charge is -2.23. The molecule has 1 aliphatic heterocycles. The highest BCUT2D eigenvalue weighted by Gasteiger charge is 2.23. The Morgan fingerprint density at radius 1 is 1.15 bits per heavy atom. The predicted octanol–water partition coefficient (Wildman–Crippen LogP) is 3.64. The van der Waals surface area contributed by atoms with Gasteiger partial charge in [-0.25, -0.2) is 13.1 Å². The van der Waals surface area contributed by atoms with Gasteiger partial charge in [-0.15, -0.1) is 0 Å². The van der Waals surface area contributed by atoms with Gasteiger partial charge in [0.25, 0.3) is 20.1 Å². The average Bonchev–Trinajstić information content (AvgIpc) is 3.49. The van der Waals surface area contributed by atoms with E-state index in [9.17, 15) is 16.8 Å². The smallest absolute Gasteiger partial charge is 0.264 e. The van der Waals surface area contributed by atoms with Crippen LogP contribution in [0, 0.1) is 0 Å². The van der Waals surface area contributed by atoms with Crippen LogP contribution < -0.4 is 4.74 Å². The van der Waals surface area contributed by atoms with Crippen LogP contribution in [0.15, 0.2) is 30.6 Å². The van der Waals surface area contributed by atoms with Crippen LogP contribution in [0.2, 0.25) is 0 Å². The molecular formula is C25H36N4O8S2. The Morgan fingerprint density at radius 3 is 2.62 bits per heavy atom. The molecule has 14 heteroatoms. The van der Waals surface area contributed by atoms with Crippen molar-refractivity contribution in [2.75, 3.05) is 25.2 Å². The van der Waals surface area contributed by atoms with Crippen molar-refractivity contribution in [1.29, 1.82) is 0 Å². The number of fused-ring (bicyclic) bond motifs is 1. The Labute approximate surface area is 229 Å². The van der Waals surface area contributed by atoms with Crippen molar-refractivity contribution in [1.82, 2.24) is 19.0 Å². The third kappa shape index (κ3) is 8.01. The van der Waals surface area contributed by atoms with Crippen molar-refractivity contribution < 1.29 is 35.6 Å². The summed E-state index contributed by atoms with van der Waals surface area (Å²) < 4.78 is 75.2. The van der Waals surface area contributed by atoms with Crippen LogP contribution >= 0.6 is 0 Å². The van der Waals surface area contributed by atoms with Crippen LogP contribution in [-0.2, 0) is 29.6 Å². The van der Waals surface area contributed by atoms with Crippen molar-refractivity contribution in [3.05, 3.63) is 30.6 Å². The Kier molecular flexibility index (Phi) is 9.32. The van der Waals surface area contributed by atoms with E-state index >= 15 is 0 Å². The fourth-order valence-corrected chi connectivity index (χ4v) is 5.57. The quantitative estimate of drug-likeness (QED) is 0.295. The van der Waals surface area contributed by atoms with Gasteiger partial charge in [0.15, 0.2) is 6.23 Å². The minimum atomic E-state index is -3.96. The van der Waals surface area contributed by atoms with E-state index in [2.05, 4.69) is 5.10 Å². The zero-order valence-electron chi connectivity index (χ0n) is 22.4. The molecule has 1 aliphatic rings. The first kappa shape index (κ1) is 29.5. The van der Waals surface area contributed by atoms with Gasteiger partial charge < -0.3 is 14.2 Å². The maximum Gasteiger partial charge on any atom is 0.264 e. The normalized spacial score (nSPS) is 18.3. The van der Waals surface area contributed by atoms with Gasteiger partial charge >= 0.3 is 0 Å². The predicted molar refractivity (Wildman–Crippen MR) is 146 cm³/mol. The summed E-state index contributed by atoms with van der Waals surface area (Å²) in [7, 11) is -7.49. The Hall–Kier alpha value is -2.52. The van der Waals surface area contributed by atoms with Gasteiger partial charge in [-0.05, 0) is 64.2 Å². The second-order valence-corrected chi connectivity index (χ2v) is 13.4. The number of benzene rings is 1. The summed E-state index contributed by atoms with van der Waals surface area (Å²) in [5, 5.41) is 9.62. The molecule has 0 bridgehead atoms. The fourth-order valence-electron chi connectivity index (χ4n) is 4.51. The molecule has 1 aromatic carbocycles. The van der Waals surface area contributed by atoms with Crippen molar-refractivity contribution >= 4 is 31.0 Å². The third-order valence-electron chi connectivity index (χ3n) is 6.56. The van der Waals surface area contributed by atoms with Crippen molar-refractivity contribution in [2.45, 2.75) is 70.8 Å². The first-order valence-corrected chi connectivity index (χ1v) is 16.5. The average molecular weight is 585 g/mol. The van der Waals surface area contributed by atoms with Crippen LogP contribution in [0.4, 0.5) is 0 Å². The van der Waals surface area contributed by atoms with E-state index in [1.54, 1.807) is 0 Å². The largest absolute Gasteiger partial charge is 0.491 e. The van der Waals surface area contributed by atoms with Crippen molar-refractivity contribution in [2.24, 2.45) is 0 Å². The minimum Gasteiger partial charge on any atom is -0.491 e. The molecule has 3 aromatic rings. The molecule has 1 saturated heterocycles. The number of ether oxygens (including phenoxy) is 3.